The molecule has 1 rings (SSSR count). The topological polar surface area (TPSA) is 12.4 Å². The number of rotatable bonds is 0. The smallest absolute Gasteiger partial charge is 0.270 e. The minimum Gasteiger partial charge on any atom is -0.270 e. The van der Waals surface area contributed by atoms with Crippen molar-refractivity contribution in [1.29, 1.82) is 0 Å². The largest absolute Gasteiger partial charge is 0.429 e. The zero-order chi connectivity index (χ0) is 7.78. The maximum Gasteiger partial charge on any atom is 0.429 e. The van der Waals surface area contributed by atoms with Gasteiger partial charge in [-0.05, 0) is 6.92 Å². The monoisotopic (exact) mass is 169 g/mol. The molecule has 0 aromatic carbocycles. The number of halogens is 3. The second kappa shape index (κ2) is 2.45. The van der Waals surface area contributed by atoms with E-state index in [2.05, 4.69) is 4.99 Å². The lowest BCUT2D eigenvalue weighted by molar-refractivity contribution is -0.0589. The molecule has 0 bridgehead atoms. The van der Waals surface area contributed by atoms with Crippen molar-refractivity contribution in [2.75, 3.05) is 5.75 Å². The van der Waals surface area contributed by atoms with Gasteiger partial charge in [-0.25, -0.2) is 0 Å². The molecule has 1 nitrogen and oxygen atoms in total. The summed E-state index contributed by atoms with van der Waals surface area (Å²) in [6.07, 6.45) is -4.21. The van der Waals surface area contributed by atoms with Crippen molar-refractivity contribution in [3.63, 3.8) is 0 Å². The number of thioether (sulfide) groups is 1. The van der Waals surface area contributed by atoms with Crippen molar-refractivity contribution in [2.24, 2.45) is 4.99 Å². The van der Waals surface area contributed by atoms with Crippen LogP contribution in [0.15, 0.2) is 4.99 Å². The van der Waals surface area contributed by atoms with Crippen LogP contribution in [0.3, 0.4) is 0 Å². The SMILES string of the molecule is CC1N=C(C(F)(F)F)CS1. The van der Waals surface area contributed by atoms with E-state index in [1.165, 1.54) is 11.8 Å². The van der Waals surface area contributed by atoms with Crippen LogP contribution in [0, 0.1) is 0 Å². The van der Waals surface area contributed by atoms with E-state index >= 15 is 0 Å². The lowest BCUT2D eigenvalue weighted by atomic mass is 10.4. The molecule has 0 aromatic rings. The van der Waals surface area contributed by atoms with Gasteiger partial charge in [0, 0.05) is 5.75 Å². The second-order valence-electron chi connectivity index (χ2n) is 1.98. The highest BCUT2D eigenvalue weighted by Gasteiger charge is 2.38. The fourth-order valence-electron chi connectivity index (χ4n) is 0.649. The zero-order valence-electron chi connectivity index (χ0n) is 5.27. The van der Waals surface area contributed by atoms with Gasteiger partial charge in [-0.3, -0.25) is 4.99 Å². The maximum atomic E-state index is 11.8. The van der Waals surface area contributed by atoms with E-state index in [0.29, 0.717) is 0 Å². The van der Waals surface area contributed by atoms with E-state index in [1.54, 1.807) is 6.92 Å². The van der Waals surface area contributed by atoms with Gasteiger partial charge < -0.3 is 0 Å². The second-order valence-corrected chi connectivity index (χ2v) is 3.29. The van der Waals surface area contributed by atoms with Gasteiger partial charge in [0.1, 0.15) is 5.71 Å². The molecular weight excluding hydrogens is 163 g/mol. The Morgan fingerprint density at radius 3 is 2.40 bits per heavy atom. The Bertz CT molecular complexity index is 163. The van der Waals surface area contributed by atoms with E-state index in [1.807, 2.05) is 0 Å². The summed E-state index contributed by atoms with van der Waals surface area (Å²) in [5, 5.41) is -0.225. The summed E-state index contributed by atoms with van der Waals surface area (Å²) >= 11 is 1.21. The van der Waals surface area contributed by atoms with Crippen LogP contribution in [-0.4, -0.2) is 23.0 Å². The van der Waals surface area contributed by atoms with E-state index in [-0.39, 0.29) is 11.1 Å². The Balaban J connectivity index is 2.67. The Kier molecular flexibility index (Phi) is 1.94. The molecule has 1 aliphatic rings. The van der Waals surface area contributed by atoms with Gasteiger partial charge in [-0.15, -0.1) is 11.8 Å². The Hall–Kier alpha value is -0.190. The van der Waals surface area contributed by atoms with Gasteiger partial charge in [0.25, 0.3) is 0 Å². The molecule has 0 saturated heterocycles. The Morgan fingerprint density at radius 2 is 2.20 bits per heavy atom. The summed E-state index contributed by atoms with van der Waals surface area (Å²) in [4.78, 5) is 3.41. The lowest BCUT2D eigenvalue weighted by Gasteiger charge is -2.02. The number of hydrogen-bond acceptors (Lipinski definition) is 2. The molecule has 0 aliphatic carbocycles. The highest BCUT2D eigenvalue weighted by Crippen LogP contribution is 2.28. The molecular formula is C5H6F3NS. The zero-order valence-corrected chi connectivity index (χ0v) is 6.09. The molecule has 1 heterocycles. The molecule has 1 unspecified atom stereocenters. The van der Waals surface area contributed by atoms with Crippen molar-refractivity contribution >= 4 is 17.5 Å². The summed E-state index contributed by atoms with van der Waals surface area (Å²) in [7, 11) is 0. The molecule has 0 radical (unpaired) electrons. The highest BCUT2D eigenvalue weighted by atomic mass is 32.2. The van der Waals surface area contributed by atoms with Gasteiger partial charge in [-0.2, -0.15) is 13.2 Å². The van der Waals surface area contributed by atoms with Gasteiger partial charge in [0.15, 0.2) is 0 Å². The molecule has 0 spiro atoms. The number of nitrogens with zero attached hydrogens (tertiary/aromatic N) is 1. The molecule has 0 aromatic heterocycles. The molecule has 0 fully saturated rings. The molecule has 0 N–H and O–H groups in total. The third-order valence-corrected chi connectivity index (χ3v) is 2.15. The van der Waals surface area contributed by atoms with E-state index < -0.39 is 11.9 Å². The van der Waals surface area contributed by atoms with Crippen LogP contribution in [0.25, 0.3) is 0 Å². The van der Waals surface area contributed by atoms with Crippen LogP contribution in [0.2, 0.25) is 0 Å². The molecule has 0 amide bonds. The first kappa shape index (κ1) is 7.91. The molecule has 5 heteroatoms. The van der Waals surface area contributed by atoms with Crippen molar-refractivity contribution < 1.29 is 13.2 Å². The van der Waals surface area contributed by atoms with E-state index in [0.717, 1.165) is 0 Å². The molecule has 1 aliphatic heterocycles. The van der Waals surface area contributed by atoms with Crippen LogP contribution < -0.4 is 0 Å². The summed E-state index contributed by atoms with van der Waals surface area (Å²) < 4.78 is 35.4. The first-order valence-corrected chi connectivity index (χ1v) is 3.80. The van der Waals surface area contributed by atoms with Gasteiger partial charge in [0.05, 0.1) is 5.37 Å². The van der Waals surface area contributed by atoms with Crippen molar-refractivity contribution in [3.05, 3.63) is 0 Å². The third-order valence-electron chi connectivity index (χ3n) is 1.13. The summed E-state index contributed by atoms with van der Waals surface area (Å²) in [5.74, 6) is 0.00463. The average Bonchev–Trinajstić information content (AvgIpc) is 2.11. The molecule has 0 saturated carbocycles. The van der Waals surface area contributed by atoms with Crippen LogP contribution in [0.4, 0.5) is 13.2 Å². The van der Waals surface area contributed by atoms with E-state index in [4.69, 9.17) is 0 Å². The van der Waals surface area contributed by atoms with Crippen molar-refractivity contribution in [2.45, 2.75) is 18.5 Å². The van der Waals surface area contributed by atoms with Gasteiger partial charge >= 0.3 is 6.18 Å². The quantitative estimate of drug-likeness (QED) is 0.540. The minimum atomic E-state index is -4.21. The fourth-order valence-corrected chi connectivity index (χ4v) is 1.49. The molecule has 10 heavy (non-hydrogen) atoms. The first-order valence-electron chi connectivity index (χ1n) is 2.75. The molecule has 1 atom stereocenters. The van der Waals surface area contributed by atoms with Crippen LogP contribution in [-0.2, 0) is 0 Å². The van der Waals surface area contributed by atoms with E-state index in [9.17, 15) is 13.2 Å². The Labute approximate surface area is 60.7 Å². The van der Waals surface area contributed by atoms with Crippen molar-refractivity contribution in [3.8, 4) is 0 Å². The van der Waals surface area contributed by atoms with Crippen LogP contribution >= 0.6 is 11.8 Å². The first-order chi connectivity index (χ1) is 4.50. The predicted octanol–water partition coefficient (Wildman–Crippen LogP) is 2.08. The number of alkyl halides is 3. The van der Waals surface area contributed by atoms with Gasteiger partial charge in [0.2, 0.25) is 0 Å². The van der Waals surface area contributed by atoms with Crippen molar-refractivity contribution in [1.82, 2.24) is 0 Å². The van der Waals surface area contributed by atoms with Crippen LogP contribution in [0.5, 0.6) is 0 Å². The standard InChI is InChI=1S/C5H6F3NS/c1-3-9-4(2-10-3)5(6,7)8/h3H,2H2,1H3. The average molecular weight is 169 g/mol. The number of hydrogen-bond donors (Lipinski definition) is 0. The Morgan fingerprint density at radius 1 is 1.60 bits per heavy atom. The summed E-state index contributed by atoms with van der Waals surface area (Å²) in [5.41, 5.74) is -0.634. The maximum absolute atomic E-state index is 11.8. The minimum absolute atomic E-state index is 0.00463. The predicted molar refractivity (Wildman–Crippen MR) is 35.4 cm³/mol. The lowest BCUT2D eigenvalue weighted by Crippen LogP contribution is -2.22. The van der Waals surface area contributed by atoms with Gasteiger partial charge in [-0.1, -0.05) is 0 Å². The summed E-state index contributed by atoms with van der Waals surface area (Å²) in [6.45, 7) is 1.66. The highest BCUT2D eigenvalue weighted by molar-refractivity contribution is 8.00. The normalized spacial score (nSPS) is 26.8. The molecule has 58 valence electrons. The summed E-state index contributed by atoms with van der Waals surface area (Å²) in [6, 6.07) is 0. The third kappa shape index (κ3) is 1.65. The fraction of sp³-hybridized carbons (Fsp3) is 0.800. The van der Waals surface area contributed by atoms with Crippen LogP contribution in [0.1, 0.15) is 6.92 Å². The number of aliphatic imine (C=N–C) groups is 1.